The predicted octanol–water partition coefficient (Wildman–Crippen LogP) is 1.84. The Kier molecular flexibility index (Phi) is 4.91. The van der Waals surface area contributed by atoms with Crippen LogP contribution in [-0.2, 0) is 4.74 Å². The summed E-state index contributed by atoms with van der Waals surface area (Å²) < 4.78 is 5.49. The molecule has 5 nitrogen and oxygen atoms in total. The lowest BCUT2D eigenvalue weighted by atomic mass is 10.2. The van der Waals surface area contributed by atoms with Gasteiger partial charge < -0.3 is 14.7 Å². The summed E-state index contributed by atoms with van der Waals surface area (Å²) in [6, 6.07) is 0.507. The maximum absolute atomic E-state index is 12.2. The molecule has 2 saturated heterocycles. The van der Waals surface area contributed by atoms with Gasteiger partial charge in [-0.05, 0) is 53.0 Å². The van der Waals surface area contributed by atoms with Gasteiger partial charge in [0.2, 0.25) is 0 Å². The zero-order valence-electron chi connectivity index (χ0n) is 13.0. The molecule has 2 aliphatic heterocycles. The van der Waals surface area contributed by atoms with Crippen LogP contribution in [0.15, 0.2) is 0 Å². The summed E-state index contributed by atoms with van der Waals surface area (Å²) in [5.41, 5.74) is -0.439. The first-order chi connectivity index (χ1) is 9.40. The summed E-state index contributed by atoms with van der Waals surface area (Å²) in [7, 11) is 0. The summed E-state index contributed by atoms with van der Waals surface area (Å²) in [5.74, 6) is 0. The maximum atomic E-state index is 12.2. The lowest BCUT2D eigenvalue weighted by Gasteiger charge is -2.32. The van der Waals surface area contributed by atoms with E-state index in [2.05, 4.69) is 4.90 Å². The smallest absolute Gasteiger partial charge is 0.410 e. The molecule has 5 heteroatoms. The van der Waals surface area contributed by atoms with Gasteiger partial charge in [0.05, 0.1) is 6.61 Å². The van der Waals surface area contributed by atoms with Crippen LogP contribution < -0.4 is 0 Å². The van der Waals surface area contributed by atoms with Crippen molar-refractivity contribution in [3.05, 3.63) is 0 Å². The first kappa shape index (κ1) is 15.6. The molecule has 0 saturated carbocycles. The highest BCUT2D eigenvalue weighted by molar-refractivity contribution is 5.69. The number of carbonyl (C=O) groups excluding carboxylic acids is 1. The Hall–Kier alpha value is -0.810. The van der Waals surface area contributed by atoms with Gasteiger partial charge in [-0.25, -0.2) is 4.79 Å². The standard InChI is InChI=1S/C15H28N2O3/c1-15(2,3)20-14(19)17-9-5-6-12(17)10-16-8-4-7-13(16)11-18/h12-13,18H,4-11H2,1-3H3/t12-,13-/m0/s1. The van der Waals surface area contributed by atoms with Gasteiger partial charge in [-0.1, -0.05) is 0 Å². The van der Waals surface area contributed by atoms with E-state index in [-0.39, 0.29) is 24.8 Å². The van der Waals surface area contributed by atoms with Crippen LogP contribution in [0.4, 0.5) is 4.79 Å². The molecule has 0 bridgehead atoms. The van der Waals surface area contributed by atoms with Crippen molar-refractivity contribution >= 4 is 6.09 Å². The minimum atomic E-state index is -0.439. The molecule has 0 spiro atoms. The van der Waals surface area contributed by atoms with E-state index in [0.717, 1.165) is 45.3 Å². The fourth-order valence-electron chi connectivity index (χ4n) is 3.20. The largest absolute Gasteiger partial charge is 0.444 e. The Labute approximate surface area is 121 Å². The van der Waals surface area contributed by atoms with Gasteiger partial charge in [0.1, 0.15) is 5.60 Å². The highest BCUT2D eigenvalue weighted by atomic mass is 16.6. The van der Waals surface area contributed by atoms with Crippen molar-refractivity contribution in [1.29, 1.82) is 0 Å². The second kappa shape index (κ2) is 6.31. The van der Waals surface area contributed by atoms with Crippen LogP contribution in [0.5, 0.6) is 0 Å². The van der Waals surface area contributed by atoms with Crippen molar-refractivity contribution in [2.75, 3.05) is 26.2 Å². The zero-order chi connectivity index (χ0) is 14.8. The zero-order valence-corrected chi connectivity index (χ0v) is 13.0. The first-order valence-electron chi connectivity index (χ1n) is 7.75. The number of likely N-dealkylation sites (tertiary alicyclic amines) is 2. The molecule has 1 N–H and O–H groups in total. The molecule has 0 aromatic rings. The highest BCUT2D eigenvalue weighted by Gasteiger charge is 2.35. The van der Waals surface area contributed by atoms with Crippen molar-refractivity contribution in [3.8, 4) is 0 Å². The van der Waals surface area contributed by atoms with E-state index < -0.39 is 5.60 Å². The van der Waals surface area contributed by atoms with E-state index in [9.17, 15) is 9.90 Å². The number of carbonyl (C=O) groups is 1. The minimum Gasteiger partial charge on any atom is -0.444 e. The first-order valence-corrected chi connectivity index (χ1v) is 7.75. The molecule has 2 fully saturated rings. The molecule has 1 amide bonds. The average molecular weight is 284 g/mol. The summed E-state index contributed by atoms with van der Waals surface area (Å²) >= 11 is 0. The van der Waals surface area contributed by atoms with Crippen molar-refractivity contribution in [1.82, 2.24) is 9.80 Å². The average Bonchev–Trinajstić information content (AvgIpc) is 2.96. The lowest BCUT2D eigenvalue weighted by molar-refractivity contribution is 0.0184. The number of hydrogen-bond acceptors (Lipinski definition) is 4. The van der Waals surface area contributed by atoms with E-state index >= 15 is 0 Å². The Morgan fingerprint density at radius 3 is 2.50 bits per heavy atom. The summed E-state index contributed by atoms with van der Waals surface area (Å²) in [4.78, 5) is 16.4. The van der Waals surface area contributed by atoms with E-state index in [0.29, 0.717) is 0 Å². The molecule has 0 aromatic heterocycles. The number of aliphatic hydroxyl groups excluding tert-OH is 1. The molecule has 2 atom stereocenters. The molecular formula is C15H28N2O3. The van der Waals surface area contributed by atoms with Crippen molar-refractivity contribution in [2.24, 2.45) is 0 Å². The monoisotopic (exact) mass is 284 g/mol. The summed E-state index contributed by atoms with van der Waals surface area (Å²) in [6.07, 6.45) is 4.09. The molecular weight excluding hydrogens is 256 g/mol. The number of nitrogens with zero attached hydrogens (tertiary/aromatic N) is 2. The van der Waals surface area contributed by atoms with E-state index in [1.54, 1.807) is 0 Å². The van der Waals surface area contributed by atoms with E-state index in [4.69, 9.17) is 4.74 Å². The van der Waals surface area contributed by atoms with Gasteiger partial charge in [-0.15, -0.1) is 0 Å². The molecule has 2 aliphatic rings. The van der Waals surface area contributed by atoms with Gasteiger partial charge in [0.25, 0.3) is 0 Å². The van der Waals surface area contributed by atoms with Gasteiger partial charge in [-0.2, -0.15) is 0 Å². The summed E-state index contributed by atoms with van der Waals surface area (Å²) in [5, 5.41) is 9.39. The van der Waals surface area contributed by atoms with Crippen LogP contribution in [0.25, 0.3) is 0 Å². The second-order valence-electron chi connectivity index (χ2n) is 6.94. The Balaban J connectivity index is 1.92. The number of ether oxygens (including phenoxy) is 1. The van der Waals surface area contributed by atoms with Crippen LogP contribution >= 0.6 is 0 Å². The Bertz CT molecular complexity index is 341. The van der Waals surface area contributed by atoms with Crippen molar-refractivity contribution < 1.29 is 14.6 Å². The normalized spacial score (nSPS) is 28.1. The van der Waals surface area contributed by atoms with Gasteiger partial charge in [0.15, 0.2) is 0 Å². The Morgan fingerprint density at radius 2 is 1.85 bits per heavy atom. The molecule has 0 unspecified atom stereocenters. The fourth-order valence-corrected chi connectivity index (χ4v) is 3.20. The predicted molar refractivity (Wildman–Crippen MR) is 77.6 cm³/mol. The van der Waals surface area contributed by atoms with Crippen LogP contribution in [-0.4, -0.2) is 64.9 Å². The third-order valence-electron chi connectivity index (χ3n) is 4.16. The summed E-state index contributed by atoms with van der Waals surface area (Å²) in [6.45, 7) is 8.61. The SMILES string of the molecule is CC(C)(C)OC(=O)N1CCC[C@H]1CN1CCC[C@H]1CO. The Morgan fingerprint density at radius 1 is 1.20 bits per heavy atom. The molecule has 0 aromatic carbocycles. The third kappa shape index (κ3) is 3.85. The molecule has 116 valence electrons. The topological polar surface area (TPSA) is 53.0 Å². The van der Waals surface area contributed by atoms with E-state index in [1.807, 2.05) is 25.7 Å². The quantitative estimate of drug-likeness (QED) is 0.859. The molecule has 20 heavy (non-hydrogen) atoms. The van der Waals surface area contributed by atoms with Crippen LogP contribution in [0, 0.1) is 0 Å². The second-order valence-corrected chi connectivity index (χ2v) is 6.94. The van der Waals surface area contributed by atoms with Crippen LogP contribution in [0.2, 0.25) is 0 Å². The molecule has 2 heterocycles. The molecule has 0 aliphatic carbocycles. The minimum absolute atomic E-state index is 0.195. The number of amides is 1. The van der Waals surface area contributed by atoms with Crippen molar-refractivity contribution in [3.63, 3.8) is 0 Å². The fraction of sp³-hybridized carbons (Fsp3) is 0.933. The number of rotatable bonds is 3. The van der Waals surface area contributed by atoms with Gasteiger partial charge >= 0.3 is 6.09 Å². The molecule has 0 radical (unpaired) electrons. The highest BCUT2D eigenvalue weighted by Crippen LogP contribution is 2.24. The third-order valence-corrected chi connectivity index (χ3v) is 4.16. The lowest BCUT2D eigenvalue weighted by Crippen LogP contribution is -2.46. The van der Waals surface area contributed by atoms with E-state index in [1.165, 1.54) is 0 Å². The maximum Gasteiger partial charge on any atom is 0.410 e. The number of hydrogen-bond donors (Lipinski definition) is 1. The number of aliphatic hydroxyl groups is 1. The van der Waals surface area contributed by atoms with Gasteiger partial charge in [-0.3, -0.25) is 4.90 Å². The van der Waals surface area contributed by atoms with Crippen LogP contribution in [0.1, 0.15) is 46.5 Å². The van der Waals surface area contributed by atoms with Crippen molar-refractivity contribution in [2.45, 2.75) is 64.1 Å². The molecule has 2 rings (SSSR count). The van der Waals surface area contributed by atoms with Crippen LogP contribution in [0.3, 0.4) is 0 Å². The van der Waals surface area contributed by atoms with Gasteiger partial charge in [0, 0.05) is 25.2 Å².